The van der Waals surface area contributed by atoms with Gasteiger partial charge < -0.3 is 4.74 Å². The molecule has 28 heavy (non-hydrogen) atoms. The van der Waals surface area contributed by atoms with E-state index in [0.717, 1.165) is 31.8 Å². The minimum Gasteiger partial charge on any atom is -0.497 e. The number of hydrogen-bond acceptors (Lipinski definition) is 2. The topological polar surface area (TPSA) is 29.5 Å². The lowest BCUT2D eigenvalue weighted by atomic mass is 10.1. The fraction of sp³-hybridized carbons (Fsp3) is 0.0417. The van der Waals surface area contributed by atoms with Crippen molar-refractivity contribution in [2.75, 3.05) is 12.0 Å². The fourth-order valence-electron chi connectivity index (χ4n) is 3.19. The van der Waals surface area contributed by atoms with Crippen LogP contribution in [0.3, 0.4) is 0 Å². The van der Waals surface area contributed by atoms with Gasteiger partial charge >= 0.3 is 0 Å². The lowest BCUT2D eigenvalue weighted by Gasteiger charge is -2.22. The Bertz CT molecular complexity index is 1070. The highest BCUT2D eigenvalue weighted by atomic mass is 127. The predicted octanol–water partition coefficient (Wildman–Crippen LogP) is 5.77. The van der Waals surface area contributed by atoms with Crippen molar-refractivity contribution in [2.45, 2.75) is 0 Å². The number of methoxy groups -OCH3 is 1. The second kappa shape index (κ2) is 8.02. The molecule has 0 N–H and O–H groups in total. The summed E-state index contributed by atoms with van der Waals surface area (Å²) in [4.78, 5) is 15.1. The molecule has 1 heterocycles. The Morgan fingerprint density at radius 2 is 1.57 bits per heavy atom. The standard InChI is InChI=1S/C24H18INO2/c1-28-20-13-11-17(12-14-20)15-19-16-23(18-7-3-2-4-8-18)26(24(19)27)22-10-6-5-9-21(22)25/h2-16H,1H3/b19-15+. The first kappa shape index (κ1) is 18.5. The number of anilines is 1. The second-order valence-electron chi connectivity index (χ2n) is 6.36. The average Bonchev–Trinajstić information content (AvgIpc) is 3.06. The largest absolute Gasteiger partial charge is 0.497 e. The average molecular weight is 479 g/mol. The van der Waals surface area contributed by atoms with Crippen molar-refractivity contribution in [2.24, 2.45) is 0 Å². The van der Waals surface area contributed by atoms with Crippen molar-refractivity contribution < 1.29 is 9.53 Å². The molecule has 0 aromatic heterocycles. The SMILES string of the molecule is COc1ccc(/C=C2\C=C(c3ccccc3)N(c3ccccc3I)C2=O)cc1. The first-order chi connectivity index (χ1) is 13.7. The van der Waals surface area contributed by atoms with Crippen LogP contribution in [0, 0.1) is 3.57 Å². The Morgan fingerprint density at radius 1 is 0.893 bits per heavy atom. The number of carbonyl (C=O) groups excluding carboxylic acids is 1. The molecule has 0 bridgehead atoms. The Hall–Kier alpha value is -2.86. The third-order valence-electron chi connectivity index (χ3n) is 4.58. The van der Waals surface area contributed by atoms with Crippen molar-refractivity contribution in [3.05, 3.63) is 105 Å². The monoisotopic (exact) mass is 479 g/mol. The summed E-state index contributed by atoms with van der Waals surface area (Å²) < 4.78 is 6.24. The van der Waals surface area contributed by atoms with Crippen LogP contribution in [0.1, 0.15) is 11.1 Å². The molecule has 1 aliphatic rings. The number of hydrogen-bond donors (Lipinski definition) is 0. The van der Waals surface area contributed by atoms with Gasteiger partial charge in [0.25, 0.3) is 5.91 Å². The summed E-state index contributed by atoms with van der Waals surface area (Å²) in [7, 11) is 1.64. The van der Waals surface area contributed by atoms with Gasteiger partial charge in [-0.15, -0.1) is 0 Å². The first-order valence-corrected chi connectivity index (χ1v) is 9.97. The smallest absolute Gasteiger partial charge is 0.262 e. The van der Waals surface area contributed by atoms with E-state index in [9.17, 15) is 4.79 Å². The molecule has 0 unspecified atom stereocenters. The Labute approximate surface area is 178 Å². The van der Waals surface area contributed by atoms with Crippen molar-refractivity contribution in [1.29, 1.82) is 0 Å². The van der Waals surface area contributed by atoms with Crippen LogP contribution in [0.5, 0.6) is 5.75 Å². The van der Waals surface area contributed by atoms with Gasteiger partial charge in [-0.25, -0.2) is 0 Å². The summed E-state index contributed by atoms with van der Waals surface area (Å²) in [6.07, 6.45) is 3.88. The highest BCUT2D eigenvalue weighted by molar-refractivity contribution is 14.1. The lowest BCUT2D eigenvalue weighted by molar-refractivity contribution is -0.113. The van der Waals surface area contributed by atoms with Crippen molar-refractivity contribution in [3.8, 4) is 5.75 Å². The molecule has 4 heteroatoms. The third-order valence-corrected chi connectivity index (χ3v) is 5.50. The highest BCUT2D eigenvalue weighted by Crippen LogP contribution is 2.37. The molecular formula is C24H18INO2. The highest BCUT2D eigenvalue weighted by Gasteiger charge is 2.31. The molecule has 1 aliphatic heterocycles. The molecule has 3 nitrogen and oxygen atoms in total. The maximum atomic E-state index is 13.3. The van der Waals surface area contributed by atoms with Crippen LogP contribution in [0.25, 0.3) is 11.8 Å². The normalized spacial score (nSPS) is 15.1. The zero-order valence-electron chi connectivity index (χ0n) is 15.3. The van der Waals surface area contributed by atoms with E-state index in [-0.39, 0.29) is 5.91 Å². The van der Waals surface area contributed by atoms with Gasteiger partial charge in [0.2, 0.25) is 0 Å². The number of halogens is 1. The Balaban J connectivity index is 1.81. The molecule has 0 aliphatic carbocycles. The van der Waals surface area contributed by atoms with Crippen LogP contribution < -0.4 is 9.64 Å². The minimum atomic E-state index is -0.0289. The molecule has 0 spiro atoms. The summed E-state index contributed by atoms with van der Waals surface area (Å²) >= 11 is 2.27. The van der Waals surface area contributed by atoms with E-state index in [0.29, 0.717) is 5.57 Å². The third kappa shape index (κ3) is 3.60. The van der Waals surface area contributed by atoms with Gasteiger partial charge in [0.15, 0.2) is 0 Å². The molecule has 0 radical (unpaired) electrons. The minimum absolute atomic E-state index is 0.0289. The predicted molar refractivity (Wildman–Crippen MR) is 122 cm³/mol. The molecule has 3 aromatic rings. The van der Waals surface area contributed by atoms with Crippen LogP contribution >= 0.6 is 22.6 Å². The van der Waals surface area contributed by atoms with E-state index < -0.39 is 0 Å². The van der Waals surface area contributed by atoms with E-state index in [1.54, 1.807) is 12.0 Å². The zero-order valence-corrected chi connectivity index (χ0v) is 17.5. The Morgan fingerprint density at radius 3 is 2.25 bits per heavy atom. The van der Waals surface area contributed by atoms with Gasteiger partial charge in [-0.05, 0) is 70.1 Å². The van der Waals surface area contributed by atoms with Crippen molar-refractivity contribution in [3.63, 3.8) is 0 Å². The molecule has 4 rings (SSSR count). The number of amides is 1. The first-order valence-electron chi connectivity index (χ1n) is 8.89. The quantitative estimate of drug-likeness (QED) is 0.351. The Kier molecular flexibility index (Phi) is 5.30. The van der Waals surface area contributed by atoms with E-state index >= 15 is 0 Å². The molecule has 0 saturated carbocycles. The van der Waals surface area contributed by atoms with Gasteiger partial charge in [-0.2, -0.15) is 0 Å². The summed E-state index contributed by atoms with van der Waals surface area (Å²) in [5.41, 5.74) is 4.39. The van der Waals surface area contributed by atoms with E-state index in [1.807, 2.05) is 91.0 Å². The number of ether oxygens (including phenoxy) is 1. The zero-order chi connectivity index (χ0) is 19.5. The molecule has 138 valence electrons. The summed E-state index contributed by atoms with van der Waals surface area (Å²) in [6, 6.07) is 25.6. The summed E-state index contributed by atoms with van der Waals surface area (Å²) in [6.45, 7) is 0. The summed E-state index contributed by atoms with van der Waals surface area (Å²) in [5, 5.41) is 0. The van der Waals surface area contributed by atoms with Gasteiger partial charge in [-0.3, -0.25) is 9.69 Å². The molecular weight excluding hydrogens is 461 g/mol. The number of nitrogens with zero attached hydrogens (tertiary/aromatic N) is 1. The maximum absolute atomic E-state index is 13.3. The van der Waals surface area contributed by atoms with E-state index in [4.69, 9.17) is 4.74 Å². The van der Waals surface area contributed by atoms with Gasteiger partial charge in [0, 0.05) is 9.14 Å². The second-order valence-corrected chi connectivity index (χ2v) is 7.52. The summed E-state index contributed by atoms with van der Waals surface area (Å²) in [5.74, 6) is 0.764. The van der Waals surface area contributed by atoms with Crippen LogP contribution in [-0.2, 0) is 4.79 Å². The molecule has 1 amide bonds. The van der Waals surface area contributed by atoms with Crippen molar-refractivity contribution >= 4 is 46.0 Å². The number of rotatable bonds is 4. The number of benzene rings is 3. The number of para-hydroxylation sites is 1. The number of carbonyl (C=O) groups is 1. The van der Waals surface area contributed by atoms with E-state index in [2.05, 4.69) is 22.6 Å². The molecule has 0 fully saturated rings. The molecule has 3 aromatic carbocycles. The lowest BCUT2D eigenvalue weighted by Crippen LogP contribution is -2.25. The molecule has 0 saturated heterocycles. The van der Waals surface area contributed by atoms with Gasteiger partial charge in [0.1, 0.15) is 5.75 Å². The van der Waals surface area contributed by atoms with Crippen LogP contribution in [0.15, 0.2) is 90.5 Å². The van der Waals surface area contributed by atoms with Crippen LogP contribution in [-0.4, -0.2) is 13.0 Å². The van der Waals surface area contributed by atoms with Gasteiger partial charge in [0.05, 0.1) is 18.5 Å². The van der Waals surface area contributed by atoms with Gasteiger partial charge in [-0.1, -0.05) is 54.6 Å². The van der Waals surface area contributed by atoms with Crippen molar-refractivity contribution in [1.82, 2.24) is 0 Å². The van der Waals surface area contributed by atoms with Crippen LogP contribution in [0.2, 0.25) is 0 Å². The van der Waals surface area contributed by atoms with Crippen LogP contribution in [0.4, 0.5) is 5.69 Å². The van der Waals surface area contributed by atoms with E-state index in [1.165, 1.54) is 0 Å². The maximum Gasteiger partial charge on any atom is 0.262 e. The molecule has 0 atom stereocenters. The fourth-order valence-corrected chi connectivity index (χ4v) is 3.82.